The SMILES string of the molecule is Clc1ccn2nc(OCc3ccccc3)cc2n1. The topological polar surface area (TPSA) is 39.4 Å². The Labute approximate surface area is 109 Å². The average molecular weight is 260 g/mol. The molecule has 0 saturated carbocycles. The number of benzene rings is 1. The molecule has 0 fully saturated rings. The Bertz CT molecular complexity index is 666. The van der Waals surface area contributed by atoms with Crippen molar-refractivity contribution in [3.05, 3.63) is 59.4 Å². The van der Waals surface area contributed by atoms with Gasteiger partial charge in [-0.3, -0.25) is 0 Å². The summed E-state index contributed by atoms with van der Waals surface area (Å²) in [4.78, 5) is 4.14. The Morgan fingerprint density at radius 1 is 1.17 bits per heavy atom. The second-order valence-electron chi connectivity index (χ2n) is 3.81. The molecule has 0 aliphatic rings. The molecule has 3 aromatic rings. The molecule has 0 radical (unpaired) electrons. The number of aromatic nitrogens is 3. The summed E-state index contributed by atoms with van der Waals surface area (Å²) >= 11 is 5.81. The van der Waals surface area contributed by atoms with Crippen molar-refractivity contribution in [2.45, 2.75) is 6.61 Å². The van der Waals surface area contributed by atoms with Crippen LogP contribution in [0.25, 0.3) is 5.65 Å². The van der Waals surface area contributed by atoms with Gasteiger partial charge in [0.25, 0.3) is 0 Å². The molecule has 18 heavy (non-hydrogen) atoms. The lowest BCUT2D eigenvalue weighted by atomic mass is 10.2. The standard InChI is InChI=1S/C13H10ClN3O/c14-11-6-7-17-12(15-11)8-13(16-17)18-9-10-4-2-1-3-5-10/h1-8H,9H2. The van der Waals surface area contributed by atoms with Crippen molar-refractivity contribution in [3.63, 3.8) is 0 Å². The van der Waals surface area contributed by atoms with E-state index in [-0.39, 0.29) is 0 Å². The molecule has 0 aliphatic carbocycles. The third-order valence-electron chi connectivity index (χ3n) is 2.50. The highest BCUT2D eigenvalue weighted by Crippen LogP contribution is 2.15. The second kappa shape index (κ2) is 4.66. The van der Waals surface area contributed by atoms with Gasteiger partial charge < -0.3 is 4.74 Å². The Hall–Kier alpha value is -2.07. The summed E-state index contributed by atoms with van der Waals surface area (Å²) in [5.41, 5.74) is 1.77. The number of hydrogen-bond donors (Lipinski definition) is 0. The van der Waals surface area contributed by atoms with E-state index in [0.29, 0.717) is 23.3 Å². The van der Waals surface area contributed by atoms with Crippen LogP contribution in [0.15, 0.2) is 48.7 Å². The molecule has 0 bridgehead atoms. The maximum absolute atomic E-state index is 5.81. The van der Waals surface area contributed by atoms with Crippen LogP contribution in [0.3, 0.4) is 0 Å². The van der Waals surface area contributed by atoms with Crippen molar-refractivity contribution in [2.75, 3.05) is 0 Å². The predicted molar refractivity (Wildman–Crippen MR) is 68.8 cm³/mol. The molecule has 0 atom stereocenters. The van der Waals surface area contributed by atoms with E-state index in [1.807, 2.05) is 30.3 Å². The maximum Gasteiger partial charge on any atom is 0.235 e. The van der Waals surface area contributed by atoms with Gasteiger partial charge in [0.05, 0.1) is 0 Å². The van der Waals surface area contributed by atoms with Crippen LogP contribution < -0.4 is 4.74 Å². The van der Waals surface area contributed by atoms with E-state index in [1.165, 1.54) is 0 Å². The molecule has 4 nitrogen and oxygen atoms in total. The van der Waals surface area contributed by atoms with Crippen LogP contribution in [0.1, 0.15) is 5.56 Å². The average Bonchev–Trinajstić information content (AvgIpc) is 2.79. The van der Waals surface area contributed by atoms with Gasteiger partial charge in [-0.15, -0.1) is 5.10 Å². The highest BCUT2D eigenvalue weighted by atomic mass is 35.5. The van der Waals surface area contributed by atoms with Crippen LogP contribution in [0.4, 0.5) is 0 Å². The van der Waals surface area contributed by atoms with E-state index in [2.05, 4.69) is 10.1 Å². The third kappa shape index (κ3) is 2.28. The van der Waals surface area contributed by atoms with Crippen molar-refractivity contribution in [3.8, 4) is 5.88 Å². The van der Waals surface area contributed by atoms with Crippen molar-refractivity contribution >= 4 is 17.2 Å². The summed E-state index contributed by atoms with van der Waals surface area (Å²) in [5.74, 6) is 0.536. The normalized spacial score (nSPS) is 10.7. The molecule has 2 heterocycles. The first kappa shape index (κ1) is 11.0. The van der Waals surface area contributed by atoms with Crippen molar-refractivity contribution in [1.82, 2.24) is 14.6 Å². The van der Waals surface area contributed by atoms with Crippen LogP contribution in [0, 0.1) is 0 Å². The minimum absolute atomic E-state index is 0.442. The fourth-order valence-electron chi connectivity index (χ4n) is 1.64. The molecule has 0 amide bonds. The van der Waals surface area contributed by atoms with Crippen LogP contribution >= 0.6 is 11.6 Å². The number of hydrogen-bond acceptors (Lipinski definition) is 3. The molecule has 0 saturated heterocycles. The molecule has 1 aromatic carbocycles. The molecular weight excluding hydrogens is 250 g/mol. The van der Waals surface area contributed by atoms with Gasteiger partial charge in [0.2, 0.25) is 5.88 Å². The Morgan fingerprint density at radius 2 is 2.00 bits per heavy atom. The smallest absolute Gasteiger partial charge is 0.235 e. The number of fused-ring (bicyclic) bond motifs is 1. The summed E-state index contributed by atoms with van der Waals surface area (Å²) in [6.45, 7) is 0.485. The molecule has 0 spiro atoms. The van der Waals surface area contributed by atoms with Gasteiger partial charge in [0.1, 0.15) is 11.8 Å². The Balaban J connectivity index is 1.79. The van der Waals surface area contributed by atoms with Gasteiger partial charge in [-0.1, -0.05) is 41.9 Å². The van der Waals surface area contributed by atoms with Crippen LogP contribution in [-0.4, -0.2) is 14.6 Å². The first-order valence-electron chi connectivity index (χ1n) is 5.50. The maximum atomic E-state index is 5.81. The zero-order valence-corrected chi connectivity index (χ0v) is 10.2. The van der Waals surface area contributed by atoms with Crippen molar-refractivity contribution < 1.29 is 4.74 Å². The monoisotopic (exact) mass is 259 g/mol. The summed E-state index contributed by atoms with van der Waals surface area (Å²) in [6, 6.07) is 13.4. The molecule has 0 N–H and O–H groups in total. The first-order chi connectivity index (χ1) is 8.81. The van der Waals surface area contributed by atoms with Crippen LogP contribution in [0.5, 0.6) is 5.88 Å². The largest absolute Gasteiger partial charge is 0.472 e. The van der Waals surface area contributed by atoms with Gasteiger partial charge in [0, 0.05) is 12.3 Å². The van der Waals surface area contributed by atoms with Crippen LogP contribution in [0.2, 0.25) is 5.15 Å². The molecule has 3 rings (SSSR count). The van der Waals surface area contributed by atoms with Crippen LogP contribution in [-0.2, 0) is 6.61 Å². The summed E-state index contributed by atoms with van der Waals surface area (Å²) in [6.07, 6.45) is 1.75. The summed E-state index contributed by atoms with van der Waals surface area (Å²) in [5, 5.41) is 4.68. The highest BCUT2D eigenvalue weighted by molar-refractivity contribution is 6.29. The van der Waals surface area contributed by atoms with E-state index in [4.69, 9.17) is 16.3 Å². The minimum Gasteiger partial charge on any atom is -0.472 e. The highest BCUT2D eigenvalue weighted by Gasteiger charge is 2.04. The van der Waals surface area contributed by atoms with E-state index < -0.39 is 0 Å². The lowest BCUT2D eigenvalue weighted by Gasteiger charge is -2.01. The van der Waals surface area contributed by atoms with E-state index in [9.17, 15) is 0 Å². The van der Waals surface area contributed by atoms with E-state index >= 15 is 0 Å². The summed E-state index contributed by atoms with van der Waals surface area (Å²) < 4.78 is 7.23. The number of halogens is 1. The number of rotatable bonds is 3. The zero-order valence-electron chi connectivity index (χ0n) is 9.45. The fourth-order valence-corrected chi connectivity index (χ4v) is 1.78. The van der Waals surface area contributed by atoms with E-state index in [1.54, 1.807) is 22.8 Å². The third-order valence-corrected chi connectivity index (χ3v) is 2.71. The fraction of sp³-hybridized carbons (Fsp3) is 0.0769. The van der Waals surface area contributed by atoms with Gasteiger partial charge >= 0.3 is 0 Å². The summed E-state index contributed by atoms with van der Waals surface area (Å²) in [7, 11) is 0. The lowest BCUT2D eigenvalue weighted by molar-refractivity contribution is 0.292. The molecule has 0 unspecified atom stereocenters. The molecule has 2 aromatic heterocycles. The van der Waals surface area contributed by atoms with Gasteiger partial charge in [0.15, 0.2) is 5.65 Å². The zero-order chi connectivity index (χ0) is 12.4. The molecule has 0 aliphatic heterocycles. The Morgan fingerprint density at radius 3 is 2.83 bits per heavy atom. The predicted octanol–water partition coefficient (Wildman–Crippen LogP) is 2.96. The number of ether oxygens (including phenoxy) is 1. The molecule has 5 heteroatoms. The van der Waals surface area contributed by atoms with E-state index in [0.717, 1.165) is 5.56 Å². The van der Waals surface area contributed by atoms with Gasteiger partial charge in [-0.2, -0.15) is 0 Å². The first-order valence-corrected chi connectivity index (χ1v) is 5.88. The van der Waals surface area contributed by atoms with Crippen molar-refractivity contribution in [1.29, 1.82) is 0 Å². The molecule has 90 valence electrons. The molecular formula is C13H10ClN3O. The number of nitrogens with zero attached hydrogens (tertiary/aromatic N) is 3. The van der Waals surface area contributed by atoms with Gasteiger partial charge in [-0.05, 0) is 11.6 Å². The second-order valence-corrected chi connectivity index (χ2v) is 4.20. The minimum atomic E-state index is 0.442. The van der Waals surface area contributed by atoms with Crippen molar-refractivity contribution in [2.24, 2.45) is 0 Å². The lowest BCUT2D eigenvalue weighted by Crippen LogP contribution is -1.95. The quantitative estimate of drug-likeness (QED) is 0.679. The Kier molecular flexibility index (Phi) is 2.86. The van der Waals surface area contributed by atoms with Gasteiger partial charge in [-0.25, -0.2) is 9.50 Å².